The number of aldehydes is 2. The summed E-state index contributed by atoms with van der Waals surface area (Å²) in [5.74, 6) is -1.10. The molecule has 0 bridgehead atoms. The standard InChI is InChI=1S/C24H44N6O6/c1-25(2)22(33)19-28-8-6-7-27(13-15-31)9-10-29(14-16-32)17-21(24(35)36-5)18-30(12-11-28)20-23(34)26(3)4/h15-16,21H,6-14,17-20H2,1-5H3. The van der Waals surface area contributed by atoms with Crippen molar-refractivity contribution >= 4 is 30.4 Å². The van der Waals surface area contributed by atoms with E-state index in [-0.39, 0.29) is 51.1 Å². The van der Waals surface area contributed by atoms with Crippen LogP contribution < -0.4 is 0 Å². The largest absolute Gasteiger partial charge is 0.469 e. The number of amides is 2. The number of ether oxygens (including phenoxy) is 1. The molecule has 0 N–H and O–H groups in total. The average Bonchev–Trinajstić information content (AvgIpc) is 2.83. The third kappa shape index (κ3) is 12.0. The molecule has 1 unspecified atom stereocenters. The summed E-state index contributed by atoms with van der Waals surface area (Å²) in [5, 5.41) is 0. The first-order valence-corrected chi connectivity index (χ1v) is 12.4. The summed E-state index contributed by atoms with van der Waals surface area (Å²) in [5.41, 5.74) is 0. The summed E-state index contributed by atoms with van der Waals surface area (Å²) >= 11 is 0. The van der Waals surface area contributed by atoms with Crippen LogP contribution in [0.1, 0.15) is 6.42 Å². The SMILES string of the molecule is COC(=O)C1CN(CC=O)CCN(CC=O)CCCN(CC(=O)N(C)C)CCN(CC(=O)N(C)C)C1. The van der Waals surface area contributed by atoms with Gasteiger partial charge < -0.3 is 24.1 Å². The summed E-state index contributed by atoms with van der Waals surface area (Å²) in [7, 11) is 8.12. The van der Waals surface area contributed by atoms with Crippen molar-refractivity contribution in [1.82, 2.24) is 29.4 Å². The predicted octanol–water partition coefficient (Wildman–Crippen LogP) is -2.04. The molecular weight excluding hydrogens is 468 g/mol. The number of rotatable bonds is 9. The quantitative estimate of drug-likeness (QED) is 0.253. The molecule has 0 aromatic rings. The fraction of sp³-hybridized carbons (Fsp3) is 0.792. The Morgan fingerprint density at radius 1 is 0.722 bits per heavy atom. The molecule has 1 heterocycles. The lowest BCUT2D eigenvalue weighted by Gasteiger charge is -2.33. The van der Waals surface area contributed by atoms with E-state index in [1.807, 2.05) is 19.6 Å². The predicted molar refractivity (Wildman–Crippen MR) is 135 cm³/mol. The first-order valence-electron chi connectivity index (χ1n) is 12.4. The van der Waals surface area contributed by atoms with Crippen molar-refractivity contribution in [3.05, 3.63) is 0 Å². The Balaban J connectivity index is 3.22. The first kappa shape index (κ1) is 31.6. The lowest BCUT2D eigenvalue weighted by Crippen LogP contribution is -2.49. The molecule has 0 radical (unpaired) electrons. The van der Waals surface area contributed by atoms with Gasteiger partial charge in [-0.2, -0.15) is 0 Å². The van der Waals surface area contributed by atoms with Gasteiger partial charge in [0.15, 0.2) is 0 Å². The first-order chi connectivity index (χ1) is 17.1. The third-order valence-corrected chi connectivity index (χ3v) is 6.29. The number of nitrogens with zero attached hydrogens (tertiary/aromatic N) is 6. The summed E-state index contributed by atoms with van der Waals surface area (Å²) in [6.07, 6.45) is 2.41. The molecule has 1 saturated heterocycles. The lowest BCUT2D eigenvalue weighted by atomic mass is 10.1. The molecule has 0 saturated carbocycles. The minimum Gasteiger partial charge on any atom is -0.469 e. The zero-order valence-electron chi connectivity index (χ0n) is 22.6. The molecule has 0 aliphatic carbocycles. The molecular formula is C24H44N6O6. The van der Waals surface area contributed by atoms with Gasteiger partial charge in [-0.3, -0.25) is 34.0 Å². The minimum absolute atomic E-state index is 0.0197. The average molecular weight is 513 g/mol. The van der Waals surface area contributed by atoms with Crippen LogP contribution in [0.2, 0.25) is 0 Å². The van der Waals surface area contributed by atoms with E-state index in [1.165, 1.54) is 12.0 Å². The summed E-state index contributed by atoms with van der Waals surface area (Å²) < 4.78 is 5.05. The van der Waals surface area contributed by atoms with Gasteiger partial charge in [-0.15, -0.1) is 0 Å². The van der Waals surface area contributed by atoms with Crippen LogP contribution in [0, 0.1) is 5.92 Å². The molecule has 1 aliphatic heterocycles. The maximum Gasteiger partial charge on any atom is 0.311 e. The van der Waals surface area contributed by atoms with Crippen molar-refractivity contribution in [1.29, 1.82) is 0 Å². The highest BCUT2D eigenvalue weighted by Gasteiger charge is 2.27. The van der Waals surface area contributed by atoms with Crippen LogP contribution in [0.25, 0.3) is 0 Å². The molecule has 12 nitrogen and oxygen atoms in total. The highest BCUT2D eigenvalue weighted by atomic mass is 16.5. The topological polar surface area (TPSA) is 114 Å². The second kappa shape index (κ2) is 17.1. The van der Waals surface area contributed by atoms with Gasteiger partial charge in [0.1, 0.15) is 12.6 Å². The van der Waals surface area contributed by atoms with Gasteiger partial charge in [-0.05, 0) is 19.5 Å². The molecule has 0 aromatic carbocycles. The zero-order chi connectivity index (χ0) is 27.1. The van der Waals surface area contributed by atoms with Crippen LogP contribution in [-0.2, 0) is 28.7 Å². The Labute approximate surface area is 215 Å². The number of hydrogen-bond donors (Lipinski definition) is 0. The van der Waals surface area contributed by atoms with Crippen molar-refractivity contribution in [2.75, 3.05) is 114 Å². The number of likely N-dealkylation sites (N-methyl/N-ethyl adjacent to an activating group) is 2. The second-order valence-corrected chi connectivity index (χ2v) is 9.55. The Bertz CT molecular complexity index is 719. The Hall–Kier alpha value is -2.41. The summed E-state index contributed by atoms with van der Waals surface area (Å²) in [6, 6.07) is 0. The number of hydrogen-bond acceptors (Lipinski definition) is 10. The van der Waals surface area contributed by atoms with Crippen molar-refractivity contribution in [3.63, 3.8) is 0 Å². The van der Waals surface area contributed by atoms with Gasteiger partial charge in [0, 0.05) is 67.5 Å². The third-order valence-electron chi connectivity index (χ3n) is 6.29. The molecule has 206 valence electrons. The molecule has 1 fully saturated rings. The number of carbonyl (C=O) groups is 5. The number of carbonyl (C=O) groups excluding carboxylic acids is 5. The summed E-state index contributed by atoms with van der Waals surface area (Å²) in [6.45, 7) is 4.70. The maximum atomic E-state index is 12.7. The van der Waals surface area contributed by atoms with Gasteiger partial charge in [-0.25, -0.2) is 0 Å². The van der Waals surface area contributed by atoms with Gasteiger partial charge in [-0.1, -0.05) is 0 Å². The van der Waals surface area contributed by atoms with Gasteiger partial charge in [0.2, 0.25) is 11.8 Å². The lowest BCUT2D eigenvalue weighted by molar-refractivity contribution is -0.147. The van der Waals surface area contributed by atoms with E-state index in [0.29, 0.717) is 39.3 Å². The fourth-order valence-corrected chi connectivity index (χ4v) is 4.01. The van der Waals surface area contributed by atoms with Crippen molar-refractivity contribution < 1.29 is 28.7 Å². The molecule has 1 rings (SSSR count). The smallest absolute Gasteiger partial charge is 0.311 e. The molecule has 1 aliphatic rings. The maximum absolute atomic E-state index is 12.7. The van der Waals surface area contributed by atoms with Crippen LogP contribution >= 0.6 is 0 Å². The molecule has 0 aromatic heterocycles. The Morgan fingerprint density at radius 2 is 1.17 bits per heavy atom. The minimum atomic E-state index is -0.579. The van der Waals surface area contributed by atoms with Crippen LogP contribution in [-0.4, -0.2) is 174 Å². The van der Waals surface area contributed by atoms with E-state index >= 15 is 0 Å². The molecule has 12 heteroatoms. The van der Waals surface area contributed by atoms with Crippen molar-refractivity contribution in [3.8, 4) is 0 Å². The van der Waals surface area contributed by atoms with Gasteiger partial charge >= 0.3 is 5.97 Å². The molecule has 2 amide bonds. The Morgan fingerprint density at radius 3 is 1.72 bits per heavy atom. The van der Waals surface area contributed by atoms with E-state index in [0.717, 1.165) is 19.0 Å². The zero-order valence-corrected chi connectivity index (χ0v) is 22.6. The normalized spacial score (nSPS) is 20.2. The van der Waals surface area contributed by atoms with Gasteiger partial charge in [0.05, 0.1) is 39.2 Å². The van der Waals surface area contributed by atoms with E-state index in [9.17, 15) is 24.0 Å². The molecule has 1 atom stereocenters. The summed E-state index contributed by atoms with van der Waals surface area (Å²) in [4.78, 5) is 71.2. The van der Waals surface area contributed by atoms with Crippen LogP contribution in [0.15, 0.2) is 0 Å². The van der Waals surface area contributed by atoms with E-state index < -0.39 is 11.9 Å². The van der Waals surface area contributed by atoms with E-state index in [1.54, 1.807) is 33.1 Å². The molecule has 0 spiro atoms. The van der Waals surface area contributed by atoms with E-state index in [2.05, 4.69) is 0 Å². The monoisotopic (exact) mass is 512 g/mol. The van der Waals surface area contributed by atoms with Crippen LogP contribution in [0.4, 0.5) is 0 Å². The molecule has 36 heavy (non-hydrogen) atoms. The van der Waals surface area contributed by atoms with Crippen LogP contribution in [0.3, 0.4) is 0 Å². The highest BCUT2D eigenvalue weighted by Crippen LogP contribution is 2.10. The van der Waals surface area contributed by atoms with Crippen LogP contribution in [0.5, 0.6) is 0 Å². The van der Waals surface area contributed by atoms with Crippen molar-refractivity contribution in [2.24, 2.45) is 5.92 Å². The van der Waals surface area contributed by atoms with Gasteiger partial charge in [0.25, 0.3) is 0 Å². The fourth-order valence-electron chi connectivity index (χ4n) is 4.01. The van der Waals surface area contributed by atoms with Crippen molar-refractivity contribution in [2.45, 2.75) is 6.42 Å². The van der Waals surface area contributed by atoms with E-state index in [4.69, 9.17) is 4.74 Å². The Kier molecular flexibility index (Phi) is 15.0. The number of methoxy groups -OCH3 is 1. The highest BCUT2D eigenvalue weighted by molar-refractivity contribution is 5.78. The number of esters is 1. The second-order valence-electron chi connectivity index (χ2n) is 9.55.